The maximum atomic E-state index is 13.3. The topological polar surface area (TPSA) is 129 Å². The van der Waals surface area contributed by atoms with Crippen LogP contribution in [0.3, 0.4) is 0 Å². The molecule has 0 aliphatic rings. The molecule has 0 saturated heterocycles. The number of hydrogen-bond donors (Lipinski definition) is 1. The fraction of sp³-hybridized carbons (Fsp3) is 0.250. The van der Waals surface area contributed by atoms with Gasteiger partial charge in [0.2, 0.25) is 5.94 Å². The molecule has 2 heterocycles. The van der Waals surface area contributed by atoms with Gasteiger partial charge in [-0.3, -0.25) is 4.79 Å². The standard InChI is InChI=1S/C20H17F3N6O3S/c1-12(18-26-10-27-29(18)17-4-3-13(8-24)9-25-17)28-19(30)14-5-15(20(21,22)23)7-16(6-14)32-11-33(2)31/h3-7,9-10,12H,11H2,1-2H3,(H,28,30)/t12-,33?/m0/s1. The van der Waals surface area contributed by atoms with E-state index in [0.717, 1.165) is 12.1 Å². The SMILES string of the molecule is C[C@H](NC(=O)c1cc(OC[S+](C)[O-])cc(C(F)(F)F)c1)c1ncnn1-c1ccc(C#N)cn1. The van der Waals surface area contributed by atoms with Crippen LogP contribution in [0, 0.1) is 11.3 Å². The number of alkyl halides is 3. The predicted octanol–water partition coefficient (Wildman–Crippen LogP) is 2.76. The smallest absolute Gasteiger partial charge is 0.416 e. The molecule has 0 aliphatic carbocycles. The third kappa shape index (κ3) is 5.99. The lowest BCUT2D eigenvalue weighted by molar-refractivity contribution is -0.137. The van der Waals surface area contributed by atoms with Crippen molar-refractivity contribution in [3.05, 3.63) is 65.4 Å². The monoisotopic (exact) mass is 478 g/mol. The first-order chi connectivity index (χ1) is 15.6. The number of rotatable bonds is 7. The van der Waals surface area contributed by atoms with Crippen LogP contribution >= 0.6 is 0 Å². The average molecular weight is 478 g/mol. The van der Waals surface area contributed by atoms with Gasteiger partial charge in [0.1, 0.15) is 18.1 Å². The van der Waals surface area contributed by atoms with E-state index in [9.17, 15) is 22.5 Å². The summed E-state index contributed by atoms with van der Waals surface area (Å²) in [7, 11) is 0. The second-order valence-electron chi connectivity index (χ2n) is 6.82. The summed E-state index contributed by atoms with van der Waals surface area (Å²) in [6, 6.07) is 6.82. The second kappa shape index (κ2) is 9.88. The van der Waals surface area contributed by atoms with E-state index in [1.807, 2.05) is 6.07 Å². The lowest BCUT2D eigenvalue weighted by Crippen LogP contribution is -2.29. The van der Waals surface area contributed by atoms with Crippen molar-refractivity contribution in [2.45, 2.75) is 19.1 Å². The Kier molecular flexibility index (Phi) is 7.19. The zero-order valence-corrected chi connectivity index (χ0v) is 18.1. The van der Waals surface area contributed by atoms with Crippen molar-refractivity contribution in [2.75, 3.05) is 12.2 Å². The molecule has 33 heavy (non-hydrogen) atoms. The minimum Gasteiger partial charge on any atom is -0.614 e. The Balaban J connectivity index is 1.84. The molecule has 2 atom stereocenters. The Hall–Kier alpha value is -3.63. The van der Waals surface area contributed by atoms with E-state index < -0.39 is 34.9 Å². The highest BCUT2D eigenvalue weighted by molar-refractivity contribution is 7.90. The molecule has 2 aromatic heterocycles. The third-order valence-corrected chi connectivity index (χ3v) is 4.74. The van der Waals surface area contributed by atoms with Gasteiger partial charge in [-0.15, -0.1) is 0 Å². The number of carbonyl (C=O) groups excluding carboxylic acids is 1. The van der Waals surface area contributed by atoms with Crippen molar-refractivity contribution in [3.8, 4) is 17.6 Å². The van der Waals surface area contributed by atoms with Gasteiger partial charge < -0.3 is 14.6 Å². The first-order valence-corrected chi connectivity index (χ1v) is 11.0. The minimum atomic E-state index is -4.72. The van der Waals surface area contributed by atoms with Gasteiger partial charge in [0.05, 0.1) is 23.4 Å². The number of pyridine rings is 1. The zero-order valence-electron chi connectivity index (χ0n) is 17.3. The largest absolute Gasteiger partial charge is 0.614 e. The number of nitriles is 1. The molecule has 1 N–H and O–H groups in total. The number of hydrogen-bond acceptors (Lipinski definition) is 7. The van der Waals surface area contributed by atoms with Crippen LogP contribution in [0.1, 0.15) is 40.3 Å². The van der Waals surface area contributed by atoms with Gasteiger partial charge in [0, 0.05) is 11.8 Å². The van der Waals surface area contributed by atoms with E-state index in [1.165, 1.54) is 29.5 Å². The summed E-state index contributed by atoms with van der Waals surface area (Å²) in [6.07, 6.45) is -0.801. The molecule has 3 rings (SSSR count). The van der Waals surface area contributed by atoms with Crippen LogP contribution in [0.15, 0.2) is 42.9 Å². The molecule has 0 aliphatic heterocycles. The molecule has 13 heteroatoms. The molecule has 0 bridgehead atoms. The summed E-state index contributed by atoms with van der Waals surface area (Å²) < 4.78 is 57.6. The van der Waals surface area contributed by atoms with Crippen LogP contribution in [0.4, 0.5) is 13.2 Å². The number of nitrogens with zero attached hydrogens (tertiary/aromatic N) is 5. The van der Waals surface area contributed by atoms with Gasteiger partial charge in [0.15, 0.2) is 11.6 Å². The predicted molar refractivity (Wildman–Crippen MR) is 111 cm³/mol. The van der Waals surface area contributed by atoms with Crippen molar-refractivity contribution in [3.63, 3.8) is 0 Å². The van der Waals surface area contributed by atoms with Crippen LogP contribution in [0.5, 0.6) is 5.75 Å². The van der Waals surface area contributed by atoms with Crippen LogP contribution in [0.25, 0.3) is 5.82 Å². The van der Waals surface area contributed by atoms with E-state index in [4.69, 9.17) is 10.00 Å². The van der Waals surface area contributed by atoms with E-state index in [2.05, 4.69) is 20.4 Å². The highest BCUT2D eigenvalue weighted by atomic mass is 32.2. The number of ether oxygens (including phenoxy) is 1. The van der Waals surface area contributed by atoms with Crippen molar-refractivity contribution >= 4 is 17.1 Å². The van der Waals surface area contributed by atoms with E-state index in [1.54, 1.807) is 13.0 Å². The minimum absolute atomic E-state index is 0.234. The summed E-state index contributed by atoms with van der Waals surface area (Å²) in [5.74, 6) is -0.754. The molecule has 1 amide bonds. The Morgan fingerprint density at radius 1 is 1.33 bits per heavy atom. The number of halogens is 3. The fourth-order valence-electron chi connectivity index (χ4n) is 2.77. The van der Waals surface area contributed by atoms with Crippen molar-refractivity contribution in [2.24, 2.45) is 0 Å². The Morgan fingerprint density at radius 3 is 2.70 bits per heavy atom. The lowest BCUT2D eigenvalue weighted by atomic mass is 10.1. The Morgan fingerprint density at radius 2 is 2.09 bits per heavy atom. The van der Waals surface area contributed by atoms with Gasteiger partial charge in [-0.1, -0.05) is 0 Å². The summed E-state index contributed by atoms with van der Waals surface area (Å²) in [6.45, 7) is 1.58. The maximum Gasteiger partial charge on any atom is 0.416 e. The van der Waals surface area contributed by atoms with Crippen LogP contribution < -0.4 is 10.1 Å². The average Bonchev–Trinajstić information content (AvgIpc) is 3.27. The van der Waals surface area contributed by atoms with Crippen LogP contribution in [0.2, 0.25) is 0 Å². The van der Waals surface area contributed by atoms with E-state index in [0.29, 0.717) is 17.4 Å². The van der Waals surface area contributed by atoms with Gasteiger partial charge in [-0.05, 0) is 48.4 Å². The molecule has 0 saturated carbocycles. The molecule has 9 nitrogen and oxygen atoms in total. The quantitative estimate of drug-likeness (QED) is 0.517. The second-order valence-corrected chi connectivity index (χ2v) is 8.20. The Bertz CT molecular complexity index is 1180. The van der Waals surface area contributed by atoms with E-state index in [-0.39, 0.29) is 23.1 Å². The first-order valence-electron chi connectivity index (χ1n) is 9.31. The molecular formula is C20H17F3N6O3S. The fourth-order valence-corrected chi connectivity index (χ4v) is 3.07. The highest BCUT2D eigenvalue weighted by Crippen LogP contribution is 2.33. The molecular weight excluding hydrogens is 461 g/mol. The first kappa shape index (κ1) is 24.0. The molecule has 172 valence electrons. The highest BCUT2D eigenvalue weighted by Gasteiger charge is 2.32. The molecule has 1 unspecified atom stereocenters. The van der Waals surface area contributed by atoms with E-state index >= 15 is 0 Å². The summed E-state index contributed by atoms with van der Waals surface area (Å²) >= 11 is -1.41. The summed E-state index contributed by atoms with van der Waals surface area (Å²) in [5, 5.41) is 15.5. The number of benzene rings is 1. The van der Waals surface area contributed by atoms with Gasteiger partial charge in [-0.25, -0.2) is 9.97 Å². The molecule has 0 spiro atoms. The van der Waals surface area contributed by atoms with Crippen molar-refractivity contribution in [1.29, 1.82) is 5.26 Å². The van der Waals surface area contributed by atoms with Crippen molar-refractivity contribution < 1.29 is 27.3 Å². The van der Waals surface area contributed by atoms with Gasteiger partial charge >= 0.3 is 6.18 Å². The number of amides is 1. The molecule has 0 fully saturated rings. The normalized spacial score (nSPS) is 13.1. The third-order valence-electron chi connectivity index (χ3n) is 4.29. The van der Waals surface area contributed by atoms with Crippen LogP contribution in [-0.4, -0.2) is 42.4 Å². The van der Waals surface area contributed by atoms with Crippen LogP contribution in [-0.2, 0) is 17.4 Å². The van der Waals surface area contributed by atoms with Crippen molar-refractivity contribution in [1.82, 2.24) is 25.1 Å². The van der Waals surface area contributed by atoms with Gasteiger partial charge in [0.25, 0.3) is 5.91 Å². The van der Waals surface area contributed by atoms with Gasteiger partial charge in [-0.2, -0.15) is 28.2 Å². The summed E-state index contributed by atoms with van der Waals surface area (Å²) in [5.41, 5.74) is -1.03. The summed E-state index contributed by atoms with van der Waals surface area (Å²) in [4.78, 5) is 21.0. The zero-order chi connectivity index (χ0) is 24.2. The molecule has 1 aromatic carbocycles. The molecule has 0 radical (unpaired) electrons. The maximum absolute atomic E-state index is 13.3. The lowest BCUT2D eigenvalue weighted by Gasteiger charge is -2.16. The Labute approximate surface area is 189 Å². The molecule has 3 aromatic rings. The number of nitrogens with one attached hydrogen (secondary N) is 1. The number of carbonyl (C=O) groups is 1. The number of aromatic nitrogens is 4.